The molecule has 2 heterocycles. The first kappa shape index (κ1) is 18.2. The van der Waals surface area contributed by atoms with E-state index in [0.29, 0.717) is 39.7 Å². The minimum atomic E-state index is -0.637. The van der Waals surface area contributed by atoms with Gasteiger partial charge in [0.25, 0.3) is 0 Å². The molecule has 0 saturated carbocycles. The molecule has 26 heavy (non-hydrogen) atoms. The lowest BCUT2D eigenvalue weighted by atomic mass is 9.93. The van der Waals surface area contributed by atoms with E-state index in [-0.39, 0.29) is 5.91 Å². The number of nitrogens with zero attached hydrogens (tertiary/aromatic N) is 2. The SMILES string of the molecule is COC(=O)C1=C(C)N=C2SCCC(=O)N2[C@H]1c1ccc(C(=O)OC)cc1. The Hall–Kier alpha value is -2.61. The number of ether oxygens (including phenoxy) is 2. The zero-order valence-corrected chi connectivity index (χ0v) is 15.5. The van der Waals surface area contributed by atoms with Crippen LogP contribution in [0.5, 0.6) is 0 Å². The van der Waals surface area contributed by atoms with Crippen molar-refractivity contribution in [2.75, 3.05) is 20.0 Å². The van der Waals surface area contributed by atoms with Gasteiger partial charge in [-0.25, -0.2) is 14.6 Å². The van der Waals surface area contributed by atoms with Gasteiger partial charge in [-0.3, -0.25) is 9.69 Å². The van der Waals surface area contributed by atoms with Crippen LogP contribution in [0.15, 0.2) is 40.5 Å². The topological polar surface area (TPSA) is 85.3 Å². The molecule has 0 aliphatic carbocycles. The normalized spacial score (nSPS) is 19.7. The molecule has 0 unspecified atom stereocenters. The highest BCUT2D eigenvalue weighted by Crippen LogP contribution is 2.40. The van der Waals surface area contributed by atoms with Crippen LogP contribution in [0, 0.1) is 0 Å². The number of methoxy groups -OCH3 is 2. The van der Waals surface area contributed by atoms with E-state index in [1.54, 1.807) is 36.1 Å². The first-order chi connectivity index (χ1) is 12.5. The Labute approximate surface area is 155 Å². The van der Waals surface area contributed by atoms with Gasteiger partial charge in [-0.15, -0.1) is 0 Å². The van der Waals surface area contributed by atoms with Crippen LogP contribution in [-0.4, -0.2) is 47.9 Å². The van der Waals surface area contributed by atoms with E-state index < -0.39 is 18.0 Å². The Balaban J connectivity index is 2.10. The van der Waals surface area contributed by atoms with Crippen LogP contribution < -0.4 is 0 Å². The summed E-state index contributed by atoms with van der Waals surface area (Å²) < 4.78 is 9.63. The van der Waals surface area contributed by atoms with E-state index in [1.165, 1.54) is 26.0 Å². The minimum absolute atomic E-state index is 0.0987. The highest BCUT2D eigenvalue weighted by molar-refractivity contribution is 8.14. The van der Waals surface area contributed by atoms with Gasteiger partial charge in [-0.05, 0) is 24.6 Å². The van der Waals surface area contributed by atoms with Gasteiger partial charge in [-0.2, -0.15) is 0 Å². The number of hydrogen-bond acceptors (Lipinski definition) is 7. The summed E-state index contributed by atoms with van der Waals surface area (Å²) >= 11 is 1.48. The number of benzene rings is 1. The third-order valence-electron chi connectivity index (χ3n) is 4.26. The summed E-state index contributed by atoms with van der Waals surface area (Å²) in [6.45, 7) is 1.73. The van der Waals surface area contributed by atoms with Crippen molar-refractivity contribution in [1.29, 1.82) is 0 Å². The van der Waals surface area contributed by atoms with E-state index in [2.05, 4.69) is 4.99 Å². The first-order valence-electron chi connectivity index (χ1n) is 7.98. The molecule has 1 saturated heterocycles. The number of amides is 1. The lowest BCUT2D eigenvalue weighted by Crippen LogP contribution is -2.45. The summed E-state index contributed by atoms with van der Waals surface area (Å²) in [5.74, 6) is -0.427. The molecular formula is C18H18N2O5S. The number of thioether (sulfide) groups is 1. The Morgan fingerprint density at radius 1 is 1.15 bits per heavy atom. The van der Waals surface area contributed by atoms with Crippen LogP contribution in [0.3, 0.4) is 0 Å². The fourth-order valence-electron chi connectivity index (χ4n) is 3.00. The minimum Gasteiger partial charge on any atom is -0.466 e. The Morgan fingerprint density at radius 3 is 2.42 bits per heavy atom. The summed E-state index contributed by atoms with van der Waals surface area (Å²) in [6, 6.07) is 6.00. The summed E-state index contributed by atoms with van der Waals surface area (Å²) in [5, 5.41) is 0.577. The van der Waals surface area contributed by atoms with Gasteiger partial charge < -0.3 is 9.47 Å². The van der Waals surface area contributed by atoms with Gasteiger partial charge in [0.05, 0.1) is 37.1 Å². The van der Waals surface area contributed by atoms with Crippen LogP contribution in [0.25, 0.3) is 0 Å². The molecular weight excluding hydrogens is 356 g/mol. The maximum absolute atomic E-state index is 12.6. The number of rotatable bonds is 3. The van der Waals surface area contributed by atoms with Crippen LogP contribution in [0.1, 0.15) is 35.3 Å². The van der Waals surface area contributed by atoms with Gasteiger partial charge in [0.2, 0.25) is 5.91 Å². The number of aliphatic imine (C=N–C) groups is 1. The first-order valence-corrected chi connectivity index (χ1v) is 8.97. The molecule has 1 fully saturated rings. The standard InChI is InChI=1S/C18H18N2O5S/c1-10-14(17(23)25-3)15(20-13(21)8-9-26-18(20)19-10)11-4-6-12(7-5-11)16(22)24-2/h4-7,15H,8-9H2,1-3H3/t15-/m0/s1. The van der Waals surface area contributed by atoms with Gasteiger partial charge in [-0.1, -0.05) is 23.9 Å². The summed E-state index contributed by atoms with van der Waals surface area (Å²) in [6.07, 6.45) is 0.369. The Bertz CT molecular complexity index is 828. The molecule has 2 aliphatic rings. The molecule has 1 amide bonds. The number of hydrogen-bond donors (Lipinski definition) is 0. The van der Waals surface area contributed by atoms with Crippen molar-refractivity contribution in [2.45, 2.75) is 19.4 Å². The van der Waals surface area contributed by atoms with E-state index >= 15 is 0 Å². The van der Waals surface area contributed by atoms with Gasteiger partial charge >= 0.3 is 11.9 Å². The van der Waals surface area contributed by atoms with Crippen LogP contribution in [0.2, 0.25) is 0 Å². The molecule has 1 aromatic rings. The molecule has 8 heteroatoms. The van der Waals surface area contributed by atoms with Crippen molar-refractivity contribution < 1.29 is 23.9 Å². The molecule has 0 radical (unpaired) electrons. The highest BCUT2D eigenvalue weighted by Gasteiger charge is 2.41. The second kappa shape index (κ2) is 7.33. The molecule has 1 atom stereocenters. The molecule has 0 bridgehead atoms. The van der Waals surface area contributed by atoms with Gasteiger partial charge in [0.1, 0.15) is 0 Å². The summed E-state index contributed by atoms with van der Waals surface area (Å²) in [7, 11) is 2.61. The molecule has 0 N–H and O–H groups in total. The van der Waals surface area contributed by atoms with E-state index in [4.69, 9.17) is 9.47 Å². The summed E-state index contributed by atoms with van der Waals surface area (Å²) in [4.78, 5) is 42.6. The van der Waals surface area contributed by atoms with E-state index in [1.807, 2.05) is 0 Å². The van der Waals surface area contributed by atoms with Crippen molar-refractivity contribution >= 4 is 34.8 Å². The maximum Gasteiger partial charge on any atom is 0.338 e. The van der Waals surface area contributed by atoms with Crippen LogP contribution in [-0.2, 0) is 19.1 Å². The van der Waals surface area contributed by atoms with Crippen LogP contribution >= 0.6 is 11.8 Å². The van der Waals surface area contributed by atoms with Crippen molar-refractivity contribution in [3.8, 4) is 0 Å². The van der Waals surface area contributed by atoms with Crippen LogP contribution in [0.4, 0.5) is 0 Å². The zero-order valence-electron chi connectivity index (χ0n) is 14.6. The van der Waals surface area contributed by atoms with Crippen molar-refractivity contribution in [2.24, 2.45) is 4.99 Å². The molecule has 136 valence electrons. The monoisotopic (exact) mass is 374 g/mol. The molecule has 2 aliphatic heterocycles. The number of esters is 2. The number of allylic oxidation sites excluding steroid dienone is 1. The maximum atomic E-state index is 12.6. The molecule has 0 spiro atoms. The number of fused-ring (bicyclic) bond motifs is 1. The highest BCUT2D eigenvalue weighted by atomic mass is 32.2. The van der Waals surface area contributed by atoms with Crippen molar-refractivity contribution in [3.05, 3.63) is 46.7 Å². The molecule has 0 aromatic heterocycles. The number of amidine groups is 1. The third kappa shape index (κ3) is 3.12. The average molecular weight is 374 g/mol. The lowest BCUT2D eigenvalue weighted by Gasteiger charge is -2.38. The van der Waals surface area contributed by atoms with Crippen molar-refractivity contribution in [3.63, 3.8) is 0 Å². The fourth-order valence-corrected chi connectivity index (χ4v) is 4.01. The molecule has 7 nitrogen and oxygen atoms in total. The number of carbonyl (C=O) groups excluding carboxylic acids is 3. The molecule has 3 rings (SSSR count). The smallest absolute Gasteiger partial charge is 0.338 e. The largest absolute Gasteiger partial charge is 0.466 e. The Morgan fingerprint density at radius 2 is 1.81 bits per heavy atom. The Kier molecular flexibility index (Phi) is 5.13. The van der Waals surface area contributed by atoms with Crippen molar-refractivity contribution in [1.82, 2.24) is 4.90 Å². The fraction of sp³-hybridized carbons (Fsp3) is 0.333. The zero-order chi connectivity index (χ0) is 18.8. The van der Waals surface area contributed by atoms with E-state index in [0.717, 1.165) is 0 Å². The molecule has 1 aromatic carbocycles. The number of carbonyl (C=O) groups is 3. The quantitative estimate of drug-likeness (QED) is 0.755. The summed E-state index contributed by atoms with van der Waals surface area (Å²) in [5.41, 5.74) is 1.92. The van der Waals surface area contributed by atoms with Gasteiger partial charge in [0.15, 0.2) is 5.17 Å². The average Bonchev–Trinajstić information content (AvgIpc) is 2.66. The van der Waals surface area contributed by atoms with Gasteiger partial charge in [0, 0.05) is 12.2 Å². The predicted octanol–water partition coefficient (Wildman–Crippen LogP) is 2.30. The third-order valence-corrected chi connectivity index (χ3v) is 5.21. The lowest BCUT2D eigenvalue weighted by molar-refractivity contribution is -0.137. The predicted molar refractivity (Wildman–Crippen MR) is 96.6 cm³/mol. The second-order valence-corrected chi connectivity index (χ2v) is 6.83. The second-order valence-electron chi connectivity index (χ2n) is 5.76. The van der Waals surface area contributed by atoms with E-state index in [9.17, 15) is 14.4 Å².